The first-order valence-corrected chi connectivity index (χ1v) is 23.9. The molecule has 0 bridgehead atoms. The first-order valence-electron chi connectivity index (χ1n) is 23.9. The van der Waals surface area contributed by atoms with Gasteiger partial charge in [-0.25, -0.2) is 0 Å². The molecule has 0 amide bonds. The van der Waals surface area contributed by atoms with Gasteiger partial charge in [-0.2, -0.15) is 0 Å². The molecule has 0 spiro atoms. The van der Waals surface area contributed by atoms with Crippen LogP contribution in [0.2, 0.25) is 0 Å². The normalized spacial score (nSPS) is 14.4. The molecule has 0 heterocycles. The quantitative estimate of drug-likeness (QED) is 0.143. The van der Waals surface area contributed by atoms with Gasteiger partial charge in [0, 0.05) is 0 Å². The van der Waals surface area contributed by atoms with E-state index in [9.17, 15) is 0 Å². The van der Waals surface area contributed by atoms with Gasteiger partial charge in [0.15, 0.2) is 0 Å². The van der Waals surface area contributed by atoms with Crippen molar-refractivity contribution in [1.29, 1.82) is 0 Å². The van der Waals surface area contributed by atoms with Crippen LogP contribution in [0.1, 0.15) is 175 Å². The lowest BCUT2D eigenvalue weighted by Gasteiger charge is -2.25. The average molecular weight is 829 g/mol. The van der Waals surface area contributed by atoms with Crippen LogP contribution in [0.3, 0.4) is 0 Å². The van der Waals surface area contributed by atoms with E-state index in [1.807, 2.05) is 0 Å². The molecule has 0 nitrogen and oxygen atoms in total. The highest BCUT2D eigenvalue weighted by Crippen LogP contribution is 2.59. The van der Waals surface area contributed by atoms with E-state index in [2.05, 4.69) is 200 Å². The van der Waals surface area contributed by atoms with Crippen LogP contribution in [0.4, 0.5) is 0 Å². The molecule has 324 valence electrons. The summed E-state index contributed by atoms with van der Waals surface area (Å²) in [4.78, 5) is 0. The Morgan fingerprint density at radius 3 is 0.556 bits per heavy atom. The fourth-order valence-corrected chi connectivity index (χ4v) is 12.3. The molecule has 63 heavy (non-hydrogen) atoms. The first kappa shape index (κ1) is 42.3. The topological polar surface area (TPSA) is 0 Å². The molecule has 0 aromatic heterocycles. The Morgan fingerprint density at radius 1 is 0.206 bits per heavy atom. The SMILES string of the molecule is Cc1c(C(C)(C)C)cc2c3c1cc(C(C)(C)C)cc3c1c2c2c3cc(C(C)(C)C)cc4c(C)c(C(C)(C)C)cc(c43)c2c2c3cc(C(C)(C)C)cc4c(C)c(C(C)(C)C)cc(c43)c12. The number of benzene rings is 7. The van der Waals surface area contributed by atoms with Crippen molar-refractivity contribution in [2.75, 3.05) is 0 Å². The lowest BCUT2D eigenvalue weighted by atomic mass is 9.79. The Bertz CT molecular complexity index is 3110. The van der Waals surface area contributed by atoms with Crippen LogP contribution in [0.15, 0.2) is 54.6 Å². The molecular formula is C63H72. The highest BCUT2D eigenvalue weighted by Gasteiger charge is 2.34. The summed E-state index contributed by atoms with van der Waals surface area (Å²) in [5.41, 5.74) is 12.7. The molecule has 0 unspecified atom stereocenters. The monoisotopic (exact) mass is 829 g/mol. The number of fused-ring (bicyclic) bond motifs is 12. The maximum absolute atomic E-state index is 2.64. The molecule has 0 aliphatic carbocycles. The number of hydrogen-bond acceptors (Lipinski definition) is 0. The van der Waals surface area contributed by atoms with Crippen molar-refractivity contribution in [1.82, 2.24) is 0 Å². The highest BCUT2D eigenvalue weighted by molar-refractivity contribution is 6.56. The molecule has 10 rings (SSSR count). The summed E-state index contributed by atoms with van der Waals surface area (Å²) >= 11 is 0. The van der Waals surface area contributed by atoms with Gasteiger partial charge < -0.3 is 0 Å². The molecule has 0 fully saturated rings. The summed E-state index contributed by atoms with van der Waals surface area (Å²) in [7, 11) is 0. The van der Waals surface area contributed by atoms with Gasteiger partial charge in [-0.1, -0.05) is 143 Å². The zero-order valence-electron chi connectivity index (χ0n) is 42.7. The molecule has 0 saturated heterocycles. The van der Waals surface area contributed by atoms with Crippen molar-refractivity contribution in [3.8, 4) is 0 Å². The second-order valence-electron chi connectivity index (χ2n) is 26.4. The fourth-order valence-electron chi connectivity index (χ4n) is 12.3. The maximum Gasteiger partial charge on any atom is -0.000684 e. The Hall–Kier alpha value is -4.68. The number of hydrogen-bond donors (Lipinski definition) is 0. The van der Waals surface area contributed by atoms with Crippen molar-refractivity contribution < 1.29 is 0 Å². The summed E-state index contributed by atoms with van der Waals surface area (Å²) in [6.07, 6.45) is 0. The van der Waals surface area contributed by atoms with E-state index in [4.69, 9.17) is 0 Å². The second-order valence-corrected chi connectivity index (χ2v) is 26.4. The Kier molecular flexibility index (Phi) is 8.29. The van der Waals surface area contributed by atoms with E-state index in [1.54, 1.807) is 0 Å². The zero-order valence-corrected chi connectivity index (χ0v) is 42.7. The van der Waals surface area contributed by atoms with Crippen LogP contribution in [-0.2, 0) is 32.5 Å². The first-order chi connectivity index (χ1) is 28.8. The largest absolute Gasteiger partial charge is 0.0561 e. The van der Waals surface area contributed by atoms with Gasteiger partial charge in [-0.3, -0.25) is 0 Å². The second kappa shape index (κ2) is 12.4. The summed E-state index contributed by atoms with van der Waals surface area (Å²) in [5, 5.41) is 25.8. The number of aryl methyl sites for hydroxylation is 3. The third-order valence-electron chi connectivity index (χ3n) is 15.7. The van der Waals surface area contributed by atoms with E-state index < -0.39 is 0 Å². The van der Waals surface area contributed by atoms with Gasteiger partial charge in [-0.05, 0) is 237 Å². The van der Waals surface area contributed by atoms with Crippen LogP contribution in [-0.4, -0.2) is 0 Å². The van der Waals surface area contributed by atoms with E-state index in [0.29, 0.717) is 0 Å². The van der Waals surface area contributed by atoms with Crippen molar-refractivity contribution in [2.24, 2.45) is 0 Å². The predicted octanol–water partition coefficient (Wildman–Crippen LogP) is 19.1. The molecule has 0 radical (unpaired) electrons. The summed E-state index contributed by atoms with van der Waals surface area (Å²) in [5.74, 6) is 0. The minimum Gasteiger partial charge on any atom is -0.0561 e. The minimum atomic E-state index is -0.0270. The highest BCUT2D eigenvalue weighted by atomic mass is 14.4. The molecule has 0 heteroatoms. The Labute approximate surface area is 377 Å². The van der Waals surface area contributed by atoms with Gasteiger partial charge in [-0.15, -0.1) is 0 Å². The van der Waals surface area contributed by atoms with Crippen molar-refractivity contribution in [3.05, 3.63) is 105 Å². The molecule has 0 saturated carbocycles. The third-order valence-corrected chi connectivity index (χ3v) is 15.7. The lowest BCUT2D eigenvalue weighted by molar-refractivity contribution is 0.586. The van der Waals surface area contributed by atoms with Gasteiger partial charge in [0.1, 0.15) is 0 Å². The van der Waals surface area contributed by atoms with Gasteiger partial charge in [0.2, 0.25) is 0 Å². The standard InChI is InChI=1S/C63H72/c1-31-37-22-34(58(4,5)6)25-40-49(37)43(28-46(31)61(13,14)15)55-52(40)56-44-29-47(62(16,17)18)33(3)39-24-36(60(10,11)12)27-42(51(39)44)54(56)57-45-30-48(63(19,20)21)32(2)38-23-35(59(7,8)9)26-41(50(38)45)53(55)57/h22-30H,1-21H3. The molecular weight excluding hydrogens is 757 g/mol. The molecule has 10 aromatic carbocycles. The van der Waals surface area contributed by atoms with E-state index in [0.717, 1.165) is 0 Å². The summed E-state index contributed by atoms with van der Waals surface area (Å²) < 4.78 is 0. The lowest BCUT2D eigenvalue weighted by Crippen LogP contribution is -2.14. The third kappa shape index (κ3) is 5.71. The summed E-state index contributed by atoms with van der Waals surface area (Å²) in [6.45, 7) is 50.5. The molecule has 0 aliphatic rings. The zero-order chi connectivity index (χ0) is 46.0. The van der Waals surface area contributed by atoms with Crippen molar-refractivity contribution in [2.45, 2.75) is 178 Å². The van der Waals surface area contributed by atoms with E-state index in [-0.39, 0.29) is 32.5 Å². The van der Waals surface area contributed by atoms with Gasteiger partial charge in [0.05, 0.1) is 0 Å². The predicted molar refractivity (Wildman–Crippen MR) is 284 cm³/mol. The molecule has 0 atom stereocenters. The average Bonchev–Trinajstić information content (AvgIpc) is 3.76. The van der Waals surface area contributed by atoms with Crippen LogP contribution in [0.5, 0.6) is 0 Å². The van der Waals surface area contributed by atoms with Gasteiger partial charge >= 0.3 is 0 Å². The molecule has 0 N–H and O–H groups in total. The van der Waals surface area contributed by atoms with E-state index >= 15 is 0 Å². The summed E-state index contributed by atoms with van der Waals surface area (Å²) in [6, 6.07) is 23.5. The molecule has 10 aromatic rings. The van der Waals surface area contributed by atoms with Crippen molar-refractivity contribution >= 4 is 97.0 Å². The maximum atomic E-state index is 2.64. The van der Waals surface area contributed by atoms with Crippen LogP contribution >= 0.6 is 0 Å². The molecule has 0 aliphatic heterocycles. The Balaban J connectivity index is 1.69. The van der Waals surface area contributed by atoms with Crippen LogP contribution in [0, 0.1) is 20.8 Å². The minimum absolute atomic E-state index is 0.0247. The van der Waals surface area contributed by atoms with Crippen LogP contribution in [0.25, 0.3) is 97.0 Å². The van der Waals surface area contributed by atoms with Gasteiger partial charge in [0.25, 0.3) is 0 Å². The number of rotatable bonds is 0. The smallest absolute Gasteiger partial charge is 0.000684 e. The fraction of sp³-hybridized carbons (Fsp3) is 0.429. The van der Waals surface area contributed by atoms with Crippen LogP contribution < -0.4 is 0 Å². The Morgan fingerprint density at radius 2 is 0.381 bits per heavy atom. The van der Waals surface area contributed by atoms with E-state index in [1.165, 1.54) is 147 Å². The van der Waals surface area contributed by atoms with Crippen molar-refractivity contribution in [3.63, 3.8) is 0 Å².